The van der Waals surface area contributed by atoms with Gasteiger partial charge in [-0.1, -0.05) is 24.3 Å². The van der Waals surface area contributed by atoms with E-state index in [1.165, 1.54) is 28.3 Å². The molecule has 1 aromatic heterocycles. The highest BCUT2D eigenvalue weighted by atomic mass is 19.1. The summed E-state index contributed by atoms with van der Waals surface area (Å²) < 4.78 is 20.3. The number of aromatic nitrogens is 2. The number of nitriles is 1. The fourth-order valence-corrected chi connectivity index (χ4v) is 8.05. The lowest BCUT2D eigenvalue weighted by molar-refractivity contribution is -0.128. The second-order valence-electron chi connectivity index (χ2n) is 12.8. The fraction of sp³-hybridized carbons (Fsp3) is 0.576. The molecule has 2 aromatic rings. The number of anilines is 1. The summed E-state index contributed by atoms with van der Waals surface area (Å²) in [5.74, 6) is 0.698. The molecule has 4 atom stereocenters. The number of ether oxygens (including phenoxy) is 1. The van der Waals surface area contributed by atoms with Gasteiger partial charge in [-0.3, -0.25) is 9.69 Å². The Bertz CT molecular complexity index is 1440. The number of likely N-dealkylation sites (tertiary alicyclic amines) is 1. The summed E-state index contributed by atoms with van der Waals surface area (Å²) in [7, 11) is 1.93. The number of halogens is 1. The number of nitrogens with zero attached hydrogens (tertiary/aromatic N) is 6. The normalized spacial score (nSPS) is 27.1. The Morgan fingerprint density at radius 1 is 1.21 bits per heavy atom. The molecule has 1 unspecified atom stereocenters. The van der Waals surface area contributed by atoms with Gasteiger partial charge in [-0.2, -0.15) is 15.2 Å². The van der Waals surface area contributed by atoms with Gasteiger partial charge in [0.2, 0.25) is 5.91 Å². The van der Waals surface area contributed by atoms with Gasteiger partial charge in [0.05, 0.1) is 24.2 Å². The largest absolute Gasteiger partial charge is 0.462 e. The zero-order chi connectivity index (χ0) is 29.6. The number of benzene rings is 1. The van der Waals surface area contributed by atoms with Crippen LogP contribution in [0.3, 0.4) is 0 Å². The van der Waals surface area contributed by atoms with Crippen molar-refractivity contribution in [1.29, 1.82) is 5.26 Å². The van der Waals surface area contributed by atoms with Gasteiger partial charge >= 0.3 is 6.01 Å². The molecule has 222 valence electrons. The molecule has 3 heterocycles. The Kier molecular flexibility index (Phi) is 7.69. The van der Waals surface area contributed by atoms with Crippen molar-refractivity contribution in [2.75, 3.05) is 44.7 Å². The maximum atomic E-state index is 14.1. The predicted octanol–water partition coefficient (Wildman–Crippen LogP) is 4.00. The number of carbonyl (C=O) groups is 1. The number of rotatable bonds is 6. The van der Waals surface area contributed by atoms with Gasteiger partial charge in [0, 0.05) is 49.6 Å². The first-order valence-electron chi connectivity index (χ1n) is 15.2. The van der Waals surface area contributed by atoms with Crippen LogP contribution in [0, 0.1) is 25.2 Å². The molecule has 4 aliphatic rings. The van der Waals surface area contributed by atoms with E-state index < -0.39 is 6.17 Å². The Morgan fingerprint density at radius 3 is 2.76 bits per heavy atom. The Labute approximate surface area is 248 Å². The van der Waals surface area contributed by atoms with E-state index in [4.69, 9.17) is 14.7 Å². The summed E-state index contributed by atoms with van der Waals surface area (Å²) in [4.78, 5) is 28.5. The van der Waals surface area contributed by atoms with Gasteiger partial charge in [-0.25, -0.2) is 4.39 Å². The maximum absolute atomic E-state index is 14.1. The standard InChI is InChI=1S/C33H41FN6O2/c1-5-29(41)40-13-12-39(19-25(40)8-11-35)31-27-7-10-33(9-6-23-15-21(2)14-22(3)30(23)33)17-28(27)36-32(37-31)42-20-26-16-24(34)18-38(26)4/h5,14-15,24-26H,1,6-10,12-13,16-20H2,2-4H3/t24-,25+,26+,33?/m1/s1. The van der Waals surface area contributed by atoms with Gasteiger partial charge in [-0.05, 0) is 75.8 Å². The van der Waals surface area contributed by atoms with Crippen LogP contribution in [0.4, 0.5) is 10.2 Å². The van der Waals surface area contributed by atoms with Crippen molar-refractivity contribution < 1.29 is 13.9 Å². The van der Waals surface area contributed by atoms with E-state index in [1.54, 1.807) is 4.90 Å². The molecule has 2 aliphatic carbocycles. The number of hydrogen-bond acceptors (Lipinski definition) is 7. The third-order valence-electron chi connectivity index (χ3n) is 9.98. The van der Waals surface area contributed by atoms with Gasteiger partial charge in [0.15, 0.2) is 0 Å². The Morgan fingerprint density at radius 2 is 2.02 bits per heavy atom. The maximum Gasteiger partial charge on any atom is 0.318 e. The Balaban J connectivity index is 1.35. The van der Waals surface area contributed by atoms with Gasteiger partial charge in [-0.15, -0.1) is 0 Å². The van der Waals surface area contributed by atoms with E-state index in [0.717, 1.165) is 49.2 Å². The van der Waals surface area contributed by atoms with E-state index in [0.29, 0.717) is 45.2 Å². The average molecular weight is 573 g/mol. The number of aryl methyl sites for hydroxylation is 3. The smallest absolute Gasteiger partial charge is 0.318 e. The summed E-state index contributed by atoms with van der Waals surface area (Å²) >= 11 is 0. The van der Waals surface area contributed by atoms with Crippen molar-refractivity contribution in [3.63, 3.8) is 0 Å². The molecular formula is C33H41FN6O2. The minimum absolute atomic E-state index is 0.0181. The highest BCUT2D eigenvalue weighted by Gasteiger charge is 2.44. The highest BCUT2D eigenvalue weighted by Crippen LogP contribution is 2.50. The van der Waals surface area contributed by atoms with E-state index in [1.807, 2.05) is 11.9 Å². The van der Waals surface area contributed by atoms with Crippen molar-refractivity contribution in [3.05, 3.63) is 58.3 Å². The molecule has 0 bridgehead atoms. The number of fused-ring (bicyclic) bond motifs is 3. The molecule has 2 aliphatic heterocycles. The minimum Gasteiger partial charge on any atom is -0.462 e. The number of piperazine rings is 1. The zero-order valence-electron chi connectivity index (χ0n) is 25.0. The summed E-state index contributed by atoms with van der Waals surface area (Å²) in [6.07, 6.45) is 6.09. The van der Waals surface area contributed by atoms with Crippen LogP contribution in [0.25, 0.3) is 0 Å². The molecular weight excluding hydrogens is 531 g/mol. The van der Waals surface area contributed by atoms with Gasteiger partial charge in [0.25, 0.3) is 0 Å². The molecule has 0 radical (unpaired) electrons. The van der Waals surface area contributed by atoms with Crippen LogP contribution in [-0.4, -0.2) is 83.8 Å². The van der Waals surface area contributed by atoms with Crippen molar-refractivity contribution in [1.82, 2.24) is 19.8 Å². The lowest BCUT2D eigenvalue weighted by atomic mass is 9.68. The van der Waals surface area contributed by atoms with Crippen LogP contribution in [0.2, 0.25) is 0 Å². The topological polar surface area (TPSA) is 85.6 Å². The summed E-state index contributed by atoms with van der Waals surface area (Å²) in [6.45, 7) is 10.4. The molecule has 0 saturated carbocycles. The lowest BCUT2D eigenvalue weighted by Gasteiger charge is -2.43. The molecule has 8 nitrogen and oxygen atoms in total. The van der Waals surface area contributed by atoms with Crippen LogP contribution in [-0.2, 0) is 29.5 Å². The van der Waals surface area contributed by atoms with Crippen molar-refractivity contribution in [2.45, 2.75) is 82.5 Å². The quantitative estimate of drug-likeness (QED) is 0.484. The van der Waals surface area contributed by atoms with Crippen molar-refractivity contribution in [3.8, 4) is 12.1 Å². The monoisotopic (exact) mass is 572 g/mol. The van der Waals surface area contributed by atoms with Crippen molar-refractivity contribution in [2.24, 2.45) is 0 Å². The molecule has 1 amide bonds. The molecule has 42 heavy (non-hydrogen) atoms. The second-order valence-corrected chi connectivity index (χ2v) is 12.8. The van der Waals surface area contributed by atoms with E-state index in [9.17, 15) is 14.4 Å². The first-order chi connectivity index (χ1) is 20.2. The first-order valence-corrected chi connectivity index (χ1v) is 15.2. The average Bonchev–Trinajstić information content (AvgIpc) is 3.48. The molecule has 1 spiro atoms. The molecule has 2 fully saturated rings. The van der Waals surface area contributed by atoms with Crippen LogP contribution in [0.15, 0.2) is 24.8 Å². The SMILES string of the molecule is C=CC(=O)N1CCN(c2nc(OC[C@@H]3C[C@@H](F)CN3C)nc3c2CCC2(CCc4cc(C)cc(C)c42)C3)C[C@@H]1CC#N. The zero-order valence-corrected chi connectivity index (χ0v) is 25.0. The highest BCUT2D eigenvalue weighted by molar-refractivity contribution is 5.87. The summed E-state index contributed by atoms with van der Waals surface area (Å²) in [5, 5.41) is 9.53. The lowest BCUT2D eigenvalue weighted by Crippen LogP contribution is -2.55. The molecule has 0 N–H and O–H groups in total. The van der Waals surface area contributed by atoms with Gasteiger partial charge < -0.3 is 14.5 Å². The number of likely N-dealkylation sites (N-methyl/N-ethyl adjacent to an activating group) is 1. The van der Waals surface area contributed by atoms with Crippen LogP contribution >= 0.6 is 0 Å². The predicted molar refractivity (Wildman–Crippen MR) is 160 cm³/mol. The van der Waals surface area contributed by atoms with Crippen LogP contribution < -0.4 is 9.64 Å². The molecule has 6 rings (SSSR count). The fourth-order valence-electron chi connectivity index (χ4n) is 8.05. The second kappa shape index (κ2) is 11.3. The van der Waals surface area contributed by atoms with Crippen LogP contribution in [0.1, 0.15) is 59.2 Å². The molecule has 2 saturated heterocycles. The number of hydrogen-bond donors (Lipinski definition) is 0. The first kappa shape index (κ1) is 28.6. The van der Waals surface area contributed by atoms with Gasteiger partial charge in [0.1, 0.15) is 18.6 Å². The summed E-state index contributed by atoms with van der Waals surface area (Å²) in [6, 6.07) is 6.97. The minimum atomic E-state index is -0.843. The third kappa shape index (κ3) is 5.15. The third-order valence-corrected chi connectivity index (χ3v) is 9.98. The number of alkyl halides is 1. The summed E-state index contributed by atoms with van der Waals surface area (Å²) in [5.41, 5.74) is 7.86. The van der Waals surface area contributed by atoms with Crippen LogP contribution in [0.5, 0.6) is 6.01 Å². The molecule has 1 aromatic carbocycles. The van der Waals surface area contributed by atoms with E-state index in [-0.39, 0.29) is 29.8 Å². The van der Waals surface area contributed by atoms with E-state index in [2.05, 4.69) is 43.5 Å². The Hall–Kier alpha value is -3.51. The van der Waals surface area contributed by atoms with Crippen molar-refractivity contribution >= 4 is 11.7 Å². The molecule has 9 heteroatoms. The number of amides is 1. The van der Waals surface area contributed by atoms with E-state index >= 15 is 0 Å². The number of carbonyl (C=O) groups excluding carboxylic acids is 1.